The number of hydrogen-bond acceptors (Lipinski definition) is 7. The maximum absolute atomic E-state index is 11.6. The third-order valence-electron chi connectivity index (χ3n) is 2.41. The molecule has 0 aromatic carbocycles. The van der Waals surface area contributed by atoms with Crippen molar-refractivity contribution < 1.29 is 4.79 Å². The minimum Gasteiger partial charge on any atom is -0.355 e. The minimum absolute atomic E-state index is 0.0687. The highest BCUT2D eigenvalue weighted by Crippen LogP contribution is 2.20. The molecule has 2 aromatic heterocycles. The zero-order valence-corrected chi connectivity index (χ0v) is 12.8. The number of rotatable bonds is 8. The molecule has 9 heteroatoms. The third-order valence-corrected chi connectivity index (χ3v) is 4.39. The number of carbonyl (C=O) groups is 1. The quantitative estimate of drug-likeness (QED) is 0.581. The van der Waals surface area contributed by atoms with Gasteiger partial charge in [-0.1, -0.05) is 23.1 Å². The summed E-state index contributed by atoms with van der Waals surface area (Å²) in [7, 11) is 0. The lowest BCUT2D eigenvalue weighted by Gasteiger charge is -2.04. The van der Waals surface area contributed by atoms with Gasteiger partial charge < -0.3 is 5.32 Å². The predicted molar refractivity (Wildman–Crippen MR) is 77.6 cm³/mol. The van der Waals surface area contributed by atoms with Crippen molar-refractivity contribution >= 4 is 29.0 Å². The number of nitrogens with one attached hydrogen (secondary N) is 1. The lowest BCUT2D eigenvalue weighted by molar-refractivity contribution is -0.121. The topological polar surface area (TPSA) is 85.6 Å². The van der Waals surface area contributed by atoms with Gasteiger partial charge in [0.05, 0.1) is 0 Å². The van der Waals surface area contributed by atoms with Gasteiger partial charge in [0, 0.05) is 25.3 Å². The van der Waals surface area contributed by atoms with Crippen LogP contribution in [0, 0.1) is 6.92 Å². The van der Waals surface area contributed by atoms with Crippen LogP contribution in [0.3, 0.4) is 0 Å². The van der Waals surface area contributed by atoms with Gasteiger partial charge in [-0.05, 0) is 13.3 Å². The van der Waals surface area contributed by atoms with Gasteiger partial charge >= 0.3 is 0 Å². The van der Waals surface area contributed by atoms with E-state index in [9.17, 15) is 4.79 Å². The average molecular weight is 312 g/mol. The molecule has 0 atom stereocenters. The molecule has 20 heavy (non-hydrogen) atoms. The lowest BCUT2D eigenvalue weighted by Crippen LogP contribution is -2.25. The Kier molecular flexibility index (Phi) is 5.93. The van der Waals surface area contributed by atoms with E-state index in [2.05, 4.69) is 25.6 Å². The monoisotopic (exact) mass is 312 g/mol. The Hall–Kier alpha value is -1.48. The standard InChI is InChI=1S/C11H16N6OS2/c1-9-15-16-11(20-9)19-6-4-13-10(18)3-2-5-17-8-12-7-14-17/h7-8H,2-6H2,1H3,(H,13,18). The van der Waals surface area contributed by atoms with Crippen molar-refractivity contribution in [3.63, 3.8) is 0 Å². The van der Waals surface area contributed by atoms with E-state index in [1.165, 1.54) is 6.33 Å². The van der Waals surface area contributed by atoms with Crippen LogP contribution < -0.4 is 5.32 Å². The number of aryl methyl sites for hydroxylation is 2. The maximum Gasteiger partial charge on any atom is 0.220 e. The summed E-state index contributed by atoms with van der Waals surface area (Å²) >= 11 is 3.18. The van der Waals surface area contributed by atoms with Crippen molar-refractivity contribution in [1.82, 2.24) is 30.3 Å². The van der Waals surface area contributed by atoms with Gasteiger partial charge in [0.25, 0.3) is 0 Å². The van der Waals surface area contributed by atoms with Gasteiger partial charge in [0.1, 0.15) is 17.7 Å². The number of carbonyl (C=O) groups excluding carboxylic acids is 1. The normalized spacial score (nSPS) is 10.7. The highest BCUT2D eigenvalue weighted by Gasteiger charge is 2.03. The number of thioether (sulfide) groups is 1. The molecule has 0 radical (unpaired) electrons. The van der Waals surface area contributed by atoms with E-state index in [0.717, 1.165) is 21.5 Å². The molecule has 0 saturated heterocycles. The van der Waals surface area contributed by atoms with Crippen LogP contribution in [-0.4, -0.2) is 43.2 Å². The van der Waals surface area contributed by atoms with E-state index in [1.54, 1.807) is 34.1 Å². The highest BCUT2D eigenvalue weighted by molar-refractivity contribution is 8.01. The first kappa shape index (κ1) is 14.9. The summed E-state index contributed by atoms with van der Waals surface area (Å²) in [5.41, 5.74) is 0. The Balaban J connectivity index is 1.51. The van der Waals surface area contributed by atoms with E-state index in [-0.39, 0.29) is 5.91 Å². The fourth-order valence-corrected chi connectivity index (χ4v) is 3.24. The van der Waals surface area contributed by atoms with Crippen LogP contribution in [0.1, 0.15) is 17.8 Å². The van der Waals surface area contributed by atoms with Gasteiger partial charge in [0.15, 0.2) is 4.34 Å². The molecule has 1 amide bonds. The van der Waals surface area contributed by atoms with E-state index in [4.69, 9.17) is 0 Å². The second kappa shape index (κ2) is 7.95. The molecule has 0 aliphatic rings. The van der Waals surface area contributed by atoms with Crippen LogP contribution in [0.25, 0.3) is 0 Å². The molecule has 2 aromatic rings. The third kappa shape index (κ3) is 5.25. The SMILES string of the molecule is Cc1nnc(SCCNC(=O)CCCn2cncn2)s1. The first-order valence-corrected chi connectivity index (χ1v) is 8.06. The number of aromatic nitrogens is 5. The summed E-state index contributed by atoms with van der Waals surface area (Å²) in [6.45, 7) is 3.29. The molecule has 0 saturated carbocycles. The Labute approximate surface area is 125 Å². The molecule has 108 valence electrons. The largest absolute Gasteiger partial charge is 0.355 e. The fourth-order valence-electron chi connectivity index (χ4n) is 1.50. The summed E-state index contributed by atoms with van der Waals surface area (Å²) in [5, 5.41) is 15.8. The zero-order chi connectivity index (χ0) is 14.2. The van der Waals surface area contributed by atoms with Crippen LogP contribution in [0.2, 0.25) is 0 Å². The second-order valence-corrected chi connectivity index (χ2v) is 6.57. The second-order valence-electron chi connectivity index (χ2n) is 4.05. The van der Waals surface area contributed by atoms with E-state index >= 15 is 0 Å². The van der Waals surface area contributed by atoms with Crippen molar-refractivity contribution in [2.75, 3.05) is 12.3 Å². The molecule has 0 unspecified atom stereocenters. The molecular weight excluding hydrogens is 296 g/mol. The highest BCUT2D eigenvalue weighted by atomic mass is 32.2. The Morgan fingerprint density at radius 3 is 3.10 bits per heavy atom. The van der Waals surface area contributed by atoms with Crippen molar-refractivity contribution in [3.05, 3.63) is 17.7 Å². The molecule has 1 N–H and O–H groups in total. The summed E-state index contributed by atoms with van der Waals surface area (Å²) in [4.78, 5) is 15.4. The van der Waals surface area contributed by atoms with Crippen molar-refractivity contribution in [2.45, 2.75) is 30.6 Å². The van der Waals surface area contributed by atoms with Crippen LogP contribution in [0.5, 0.6) is 0 Å². The van der Waals surface area contributed by atoms with Gasteiger partial charge in [-0.2, -0.15) is 5.10 Å². The summed E-state index contributed by atoms with van der Waals surface area (Å²) in [5.74, 6) is 0.878. The molecule has 0 spiro atoms. The van der Waals surface area contributed by atoms with Crippen molar-refractivity contribution in [1.29, 1.82) is 0 Å². The Bertz CT molecular complexity index is 527. The summed E-state index contributed by atoms with van der Waals surface area (Å²) < 4.78 is 2.67. The molecule has 2 heterocycles. The zero-order valence-electron chi connectivity index (χ0n) is 11.2. The van der Waals surface area contributed by atoms with Crippen molar-refractivity contribution in [2.24, 2.45) is 0 Å². The molecule has 0 fully saturated rings. The molecular formula is C11H16N6OS2. The van der Waals surface area contributed by atoms with Gasteiger partial charge in [0.2, 0.25) is 5.91 Å². The summed E-state index contributed by atoms with van der Waals surface area (Å²) in [6, 6.07) is 0. The molecule has 0 bridgehead atoms. The van der Waals surface area contributed by atoms with Crippen molar-refractivity contribution in [3.8, 4) is 0 Å². The average Bonchev–Trinajstić information content (AvgIpc) is 3.06. The van der Waals surface area contributed by atoms with E-state index in [0.29, 0.717) is 19.5 Å². The van der Waals surface area contributed by atoms with E-state index in [1.807, 2.05) is 6.92 Å². The maximum atomic E-state index is 11.6. The molecule has 2 rings (SSSR count). The fraction of sp³-hybridized carbons (Fsp3) is 0.545. The Morgan fingerprint density at radius 1 is 1.50 bits per heavy atom. The first-order chi connectivity index (χ1) is 9.74. The Morgan fingerprint density at radius 2 is 2.40 bits per heavy atom. The summed E-state index contributed by atoms with van der Waals surface area (Å²) in [6.07, 6.45) is 4.41. The molecule has 7 nitrogen and oxygen atoms in total. The lowest BCUT2D eigenvalue weighted by atomic mass is 10.3. The van der Waals surface area contributed by atoms with Crippen LogP contribution >= 0.6 is 23.1 Å². The predicted octanol–water partition coefficient (Wildman–Crippen LogP) is 1.13. The minimum atomic E-state index is 0.0687. The van der Waals surface area contributed by atoms with Crippen LogP contribution in [-0.2, 0) is 11.3 Å². The number of hydrogen-bond donors (Lipinski definition) is 1. The molecule has 0 aliphatic carbocycles. The smallest absolute Gasteiger partial charge is 0.220 e. The number of nitrogens with zero attached hydrogens (tertiary/aromatic N) is 5. The molecule has 0 aliphatic heterocycles. The van der Waals surface area contributed by atoms with Crippen LogP contribution in [0.15, 0.2) is 17.0 Å². The van der Waals surface area contributed by atoms with Crippen LogP contribution in [0.4, 0.5) is 0 Å². The van der Waals surface area contributed by atoms with Gasteiger partial charge in [-0.25, -0.2) is 4.98 Å². The van der Waals surface area contributed by atoms with Gasteiger partial charge in [-0.3, -0.25) is 9.48 Å². The first-order valence-electron chi connectivity index (χ1n) is 6.26. The van der Waals surface area contributed by atoms with E-state index < -0.39 is 0 Å². The number of amides is 1. The van der Waals surface area contributed by atoms with Gasteiger partial charge in [-0.15, -0.1) is 10.2 Å².